The second kappa shape index (κ2) is 8.55. The van der Waals surface area contributed by atoms with E-state index < -0.39 is 0 Å². The van der Waals surface area contributed by atoms with Crippen molar-refractivity contribution in [3.8, 4) is 5.69 Å². The van der Waals surface area contributed by atoms with Gasteiger partial charge in [-0.15, -0.1) is 0 Å². The van der Waals surface area contributed by atoms with E-state index in [2.05, 4.69) is 13.8 Å². The first kappa shape index (κ1) is 20.4. The second-order valence-electron chi connectivity index (χ2n) is 7.87. The molecular weight excluding hydrogens is 416 g/mol. The highest BCUT2D eigenvalue weighted by Crippen LogP contribution is 2.29. The van der Waals surface area contributed by atoms with Crippen LogP contribution in [0.25, 0.3) is 27.5 Å². The van der Waals surface area contributed by atoms with Crippen molar-refractivity contribution < 1.29 is 0 Å². The lowest BCUT2D eigenvalue weighted by Crippen LogP contribution is -2.23. The van der Waals surface area contributed by atoms with Crippen LogP contribution >= 0.6 is 11.8 Å². The molecule has 0 N–H and O–H groups in total. The van der Waals surface area contributed by atoms with Crippen LogP contribution in [0, 0.1) is 0 Å². The number of nitrogens with zero attached hydrogens (tertiary/aromatic N) is 4. The third-order valence-electron chi connectivity index (χ3n) is 5.30. The van der Waals surface area contributed by atoms with Gasteiger partial charge in [-0.25, -0.2) is 15.0 Å². The van der Waals surface area contributed by atoms with Gasteiger partial charge in [0.2, 0.25) is 0 Å². The maximum absolute atomic E-state index is 13.4. The van der Waals surface area contributed by atoms with E-state index in [0.29, 0.717) is 22.5 Å². The lowest BCUT2D eigenvalue weighted by molar-refractivity contribution is 0.765. The fourth-order valence-electron chi connectivity index (χ4n) is 3.68. The molecule has 0 unspecified atom stereocenters. The molecule has 158 valence electrons. The van der Waals surface area contributed by atoms with Gasteiger partial charge in [0, 0.05) is 11.3 Å². The standard InChI is InChI=1S/C26H22N4OS/c1-17(2)24-28-21-14-8-6-12-19(21)25(29-24)32-16-23-27-22-15-9-7-13-20(22)26(31)30(23)18-10-4-3-5-11-18/h3-15,17H,16H2,1-2H3. The highest BCUT2D eigenvalue weighted by molar-refractivity contribution is 7.98. The summed E-state index contributed by atoms with van der Waals surface area (Å²) in [5.74, 6) is 2.24. The summed E-state index contributed by atoms with van der Waals surface area (Å²) in [7, 11) is 0. The Labute approximate surface area is 190 Å². The molecule has 0 aliphatic carbocycles. The smallest absolute Gasteiger partial charge is 0.265 e. The maximum atomic E-state index is 13.4. The average molecular weight is 439 g/mol. The Hall–Kier alpha value is -3.51. The van der Waals surface area contributed by atoms with Crippen molar-refractivity contribution in [1.82, 2.24) is 19.5 Å². The first-order chi connectivity index (χ1) is 15.6. The Morgan fingerprint density at radius 2 is 1.41 bits per heavy atom. The summed E-state index contributed by atoms with van der Waals surface area (Å²) in [5, 5.41) is 2.53. The molecule has 0 bridgehead atoms. The molecule has 0 aliphatic rings. The van der Waals surface area contributed by atoms with E-state index in [1.54, 1.807) is 16.3 Å². The van der Waals surface area contributed by atoms with Gasteiger partial charge in [0.05, 0.1) is 27.9 Å². The second-order valence-corrected chi connectivity index (χ2v) is 8.83. The van der Waals surface area contributed by atoms with Gasteiger partial charge in [-0.1, -0.05) is 74.1 Å². The van der Waals surface area contributed by atoms with Crippen LogP contribution in [0.2, 0.25) is 0 Å². The van der Waals surface area contributed by atoms with Crippen LogP contribution in [0.3, 0.4) is 0 Å². The maximum Gasteiger partial charge on any atom is 0.265 e. The van der Waals surface area contributed by atoms with E-state index in [9.17, 15) is 4.79 Å². The summed E-state index contributed by atoms with van der Waals surface area (Å²) in [6.45, 7) is 4.19. The molecule has 6 heteroatoms. The number of fused-ring (bicyclic) bond motifs is 2. The molecule has 0 saturated heterocycles. The van der Waals surface area contributed by atoms with Gasteiger partial charge in [0.25, 0.3) is 5.56 Å². The minimum atomic E-state index is -0.0622. The van der Waals surface area contributed by atoms with Crippen LogP contribution in [0.5, 0.6) is 0 Å². The monoisotopic (exact) mass is 438 g/mol. The van der Waals surface area contributed by atoms with Crippen LogP contribution in [0.1, 0.15) is 31.4 Å². The molecule has 3 aromatic carbocycles. The van der Waals surface area contributed by atoms with E-state index in [0.717, 1.165) is 27.4 Å². The summed E-state index contributed by atoms with van der Waals surface area (Å²) in [6.07, 6.45) is 0. The zero-order valence-electron chi connectivity index (χ0n) is 17.9. The van der Waals surface area contributed by atoms with Gasteiger partial charge >= 0.3 is 0 Å². The molecule has 5 aromatic rings. The van der Waals surface area contributed by atoms with Crippen LogP contribution in [-0.4, -0.2) is 19.5 Å². The molecule has 0 amide bonds. The van der Waals surface area contributed by atoms with E-state index in [-0.39, 0.29) is 11.5 Å². The highest BCUT2D eigenvalue weighted by Gasteiger charge is 2.15. The van der Waals surface area contributed by atoms with Crippen molar-refractivity contribution in [2.45, 2.75) is 30.5 Å². The van der Waals surface area contributed by atoms with Crippen LogP contribution in [0.4, 0.5) is 0 Å². The SMILES string of the molecule is CC(C)c1nc(SCc2nc3ccccc3c(=O)n2-c2ccccc2)c2ccccc2n1. The number of hydrogen-bond acceptors (Lipinski definition) is 5. The molecule has 5 rings (SSSR count). The third-order valence-corrected chi connectivity index (χ3v) is 6.29. The Morgan fingerprint density at radius 3 is 2.12 bits per heavy atom. The molecular formula is C26H22N4OS. The van der Waals surface area contributed by atoms with E-state index in [4.69, 9.17) is 15.0 Å². The lowest BCUT2D eigenvalue weighted by Gasteiger charge is -2.14. The van der Waals surface area contributed by atoms with Crippen LogP contribution < -0.4 is 5.56 Å². The summed E-state index contributed by atoms with van der Waals surface area (Å²) in [4.78, 5) is 27.8. The van der Waals surface area contributed by atoms with Gasteiger partial charge in [0.1, 0.15) is 16.7 Å². The van der Waals surface area contributed by atoms with E-state index in [1.165, 1.54) is 0 Å². The normalized spacial score (nSPS) is 11.5. The number of thioether (sulfide) groups is 1. The van der Waals surface area contributed by atoms with Crippen molar-refractivity contribution in [3.05, 3.63) is 101 Å². The zero-order chi connectivity index (χ0) is 22.1. The number of aromatic nitrogens is 4. The lowest BCUT2D eigenvalue weighted by atomic mass is 10.2. The summed E-state index contributed by atoms with van der Waals surface area (Å²) in [5.41, 5.74) is 2.38. The Bertz CT molecular complexity index is 1480. The predicted octanol–water partition coefficient (Wildman–Crippen LogP) is 5.74. The average Bonchev–Trinajstić information content (AvgIpc) is 2.83. The molecule has 0 fully saturated rings. The molecule has 0 spiro atoms. The minimum Gasteiger partial charge on any atom is -0.268 e. The number of rotatable bonds is 5. The highest BCUT2D eigenvalue weighted by atomic mass is 32.2. The molecule has 32 heavy (non-hydrogen) atoms. The van der Waals surface area contributed by atoms with Crippen LogP contribution in [0.15, 0.2) is 88.7 Å². The summed E-state index contributed by atoms with van der Waals surface area (Å²) in [6, 6.07) is 25.2. The number of para-hydroxylation sites is 3. The fourth-order valence-corrected chi connectivity index (χ4v) is 4.63. The molecule has 0 aliphatic heterocycles. The third kappa shape index (κ3) is 3.78. The predicted molar refractivity (Wildman–Crippen MR) is 131 cm³/mol. The Balaban J connectivity index is 1.63. The van der Waals surface area contributed by atoms with Gasteiger partial charge in [-0.2, -0.15) is 0 Å². The Kier molecular flexibility index (Phi) is 5.45. The van der Waals surface area contributed by atoms with Crippen LogP contribution in [-0.2, 0) is 5.75 Å². The summed E-state index contributed by atoms with van der Waals surface area (Å²) < 4.78 is 1.71. The molecule has 2 heterocycles. The van der Waals surface area contributed by atoms with Crippen molar-refractivity contribution in [3.63, 3.8) is 0 Å². The minimum absolute atomic E-state index is 0.0622. The van der Waals surface area contributed by atoms with Crippen molar-refractivity contribution in [2.75, 3.05) is 0 Å². The molecule has 2 aromatic heterocycles. The topological polar surface area (TPSA) is 60.7 Å². The van der Waals surface area contributed by atoms with Crippen molar-refractivity contribution >= 4 is 33.6 Å². The van der Waals surface area contributed by atoms with Crippen molar-refractivity contribution in [1.29, 1.82) is 0 Å². The first-order valence-corrected chi connectivity index (χ1v) is 11.6. The Morgan fingerprint density at radius 1 is 0.781 bits per heavy atom. The number of hydrogen-bond donors (Lipinski definition) is 0. The van der Waals surface area contributed by atoms with E-state index >= 15 is 0 Å². The first-order valence-electron chi connectivity index (χ1n) is 10.6. The van der Waals surface area contributed by atoms with Gasteiger partial charge in [0.15, 0.2) is 0 Å². The van der Waals surface area contributed by atoms with Gasteiger partial charge in [-0.05, 0) is 30.3 Å². The quantitative estimate of drug-likeness (QED) is 0.258. The van der Waals surface area contributed by atoms with Crippen molar-refractivity contribution in [2.24, 2.45) is 0 Å². The van der Waals surface area contributed by atoms with Gasteiger partial charge < -0.3 is 0 Å². The van der Waals surface area contributed by atoms with E-state index in [1.807, 2.05) is 78.9 Å². The summed E-state index contributed by atoms with van der Waals surface area (Å²) >= 11 is 1.59. The van der Waals surface area contributed by atoms with Gasteiger partial charge in [-0.3, -0.25) is 9.36 Å². The zero-order valence-corrected chi connectivity index (χ0v) is 18.7. The fraction of sp³-hybridized carbons (Fsp3) is 0.154. The molecule has 5 nitrogen and oxygen atoms in total. The number of benzene rings is 3. The molecule has 0 atom stereocenters. The molecule has 0 radical (unpaired) electrons. The largest absolute Gasteiger partial charge is 0.268 e. The molecule has 0 saturated carbocycles.